The number of nitrogens with zero attached hydrogens (tertiary/aromatic N) is 1. The zero-order chi connectivity index (χ0) is 38.4. The van der Waals surface area contributed by atoms with E-state index in [9.17, 15) is 0 Å². The average molecular weight is 740 g/mol. The van der Waals surface area contributed by atoms with Crippen LogP contribution < -0.4 is 4.90 Å². The van der Waals surface area contributed by atoms with Gasteiger partial charge in [-0.05, 0) is 110 Å². The van der Waals surface area contributed by atoms with Crippen LogP contribution in [0.25, 0.3) is 88.0 Å². The Hall–Kier alpha value is -7.68. The first kappa shape index (κ1) is 33.6. The van der Waals surface area contributed by atoms with Gasteiger partial charge in [0.2, 0.25) is 0 Å². The quantitative estimate of drug-likeness (QED) is 0.162. The van der Waals surface area contributed by atoms with Gasteiger partial charge in [0.25, 0.3) is 0 Å². The Morgan fingerprint density at radius 2 is 0.793 bits per heavy atom. The third-order valence-electron chi connectivity index (χ3n) is 11.5. The molecular weight excluding hydrogens is 703 g/mol. The maximum Gasteiger partial charge on any atom is 0.143 e. The summed E-state index contributed by atoms with van der Waals surface area (Å²) in [5.74, 6) is 0. The van der Waals surface area contributed by atoms with Gasteiger partial charge in [-0.15, -0.1) is 0 Å². The first-order chi connectivity index (χ1) is 28.8. The lowest BCUT2D eigenvalue weighted by atomic mass is 9.93. The Bertz CT molecular complexity index is 3260. The minimum absolute atomic E-state index is 0.880. The highest BCUT2D eigenvalue weighted by Gasteiger charge is 2.19. The molecule has 0 unspecified atom stereocenters. The van der Waals surface area contributed by atoms with Crippen molar-refractivity contribution < 1.29 is 4.42 Å². The molecule has 0 amide bonds. The molecule has 10 aromatic carbocycles. The number of para-hydroxylation sites is 1. The van der Waals surface area contributed by atoms with E-state index in [0.29, 0.717) is 0 Å². The topological polar surface area (TPSA) is 16.4 Å². The van der Waals surface area contributed by atoms with Gasteiger partial charge in [0.1, 0.15) is 11.2 Å². The monoisotopic (exact) mass is 739 g/mol. The molecule has 2 nitrogen and oxygen atoms in total. The molecule has 0 saturated carbocycles. The predicted octanol–water partition coefficient (Wildman–Crippen LogP) is 16.0. The smallest absolute Gasteiger partial charge is 0.143 e. The number of hydrogen-bond donors (Lipinski definition) is 0. The van der Waals surface area contributed by atoms with E-state index in [-0.39, 0.29) is 0 Å². The molecule has 11 aromatic rings. The van der Waals surface area contributed by atoms with Crippen molar-refractivity contribution in [1.29, 1.82) is 0 Å². The second-order valence-electron chi connectivity index (χ2n) is 14.9. The molecule has 0 spiro atoms. The van der Waals surface area contributed by atoms with Crippen LogP contribution in [0.1, 0.15) is 0 Å². The maximum absolute atomic E-state index is 6.83. The van der Waals surface area contributed by atoms with Gasteiger partial charge >= 0.3 is 0 Å². The van der Waals surface area contributed by atoms with E-state index in [2.05, 4.69) is 229 Å². The van der Waals surface area contributed by atoms with Crippen molar-refractivity contribution in [2.45, 2.75) is 0 Å². The second-order valence-corrected chi connectivity index (χ2v) is 14.9. The molecule has 1 aromatic heterocycles. The van der Waals surface area contributed by atoms with Crippen LogP contribution in [-0.2, 0) is 0 Å². The normalized spacial score (nSPS) is 11.4. The van der Waals surface area contributed by atoms with Gasteiger partial charge in [-0.2, -0.15) is 0 Å². The van der Waals surface area contributed by atoms with E-state index in [1.54, 1.807) is 0 Å². The molecule has 11 rings (SSSR count). The maximum atomic E-state index is 6.83. The van der Waals surface area contributed by atoms with Gasteiger partial charge in [0, 0.05) is 32.9 Å². The summed E-state index contributed by atoms with van der Waals surface area (Å²) in [4.78, 5) is 2.36. The summed E-state index contributed by atoms with van der Waals surface area (Å²) in [5, 5.41) is 6.89. The number of fused-ring (bicyclic) bond motifs is 6. The summed E-state index contributed by atoms with van der Waals surface area (Å²) in [6, 6.07) is 80.5. The zero-order valence-corrected chi connectivity index (χ0v) is 31.7. The molecule has 0 radical (unpaired) electrons. The number of anilines is 3. The molecule has 0 N–H and O–H groups in total. The van der Waals surface area contributed by atoms with E-state index >= 15 is 0 Å². The summed E-state index contributed by atoms with van der Waals surface area (Å²) in [7, 11) is 0. The Kier molecular flexibility index (Phi) is 8.19. The number of hydrogen-bond acceptors (Lipinski definition) is 2. The summed E-state index contributed by atoms with van der Waals surface area (Å²) in [6.07, 6.45) is 0. The van der Waals surface area contributed by atoms with Crippen molar-refractivity contribution in [3.63, 3.8) is 0 Å². The minimum Gasteiger partial charge on any atom is -0.455 e. The van der Waals surface area contributed by atoms with Crippen LogP contribution in [0.15, 0.2) is 229 Å². The van der Waals surface area contributed by atoms with Gasteiger partial charge in [-0.3, -0.25) is 0 Å². The molecule has 2 heteroatoms. The van der Waals surface area contributed by atoms with E-state index in [4.69, 9.17) is 4.42 Å². The molecule has 0 aliphatic heterocycles. The van der Waals surface area contributed by atoms with Crippen molar-refractivity contribution >= 4 is 60.5 Å². The standard InChI is InChI=1S/C56H37NO/c1-4-15-38(16-5-1)40-27-30-45(31-28-40)57(44-21-8-3-9-22-44)54-34-33-46(47-23-10-12-25-49(47)54)43-29-32-50-53-37-52(42-20-14-19-41(35-42)39-17-6-2-7-18-39)48-24-11-13-26-51(48)56(53)58-55(50)36-43/h1-37H. The molecular formula is C56H37NO. The minimum atomic E-state index is 0.880. The van der Waals surface area contributed by atoms with Crippen LogP contribution in [0.2, 0.25) is 0 Å². The van der Waals surface area contributed by atoms with E-state index < -0.39 is 0 Å². The summed E-state index contributed by atoms with van der Waals surface area (Å²) in [6.45, 7) is 0. The Balaban J connectivity index is 1.03. The SMILES string of the molecule is c1ccc(-c2ccc(N(c3ccccc3)c3ccc(-c4ccc5c(c4)oc4c6ccccc6c(-c6cccc(-c7ccccc7)c6)cc54)c4ccccc34)cc2)cc1. The summed E-state index contributed by atoms with van der Waals surface area (Å²) < 4.78 is 6.83. The Morgan fingerprint density at radius 1 is 0.276 bits per heavy atom. The largest absolute Gasteiger partial charge is 0.455 e. The first-order valence-electron chi connectivity index (χ1n) is 19.8. The molecule has 0 bridgehead atoms. The van der Waals surface area contributed by atoms with Crippen LogP contribution in [-0.4, -0.2) is 0 Å². The number of benzene rings is 10. The lowest BCUT2D eigenvalue weighted by Gasteiger charge is -2.27. The Morgan fingerprint density at radius 3 is 1.52 bits per heavy atom. The fourth-order valence-electron chi connectivity index (χ4n) is 8.67. The first-order valence-corrected chi connectivity index (χ1v) is 19.8. The predicted molar refractivity (Wildman–Crippen MR) is 245 cm³/mol. The van der Waals surface area contributed by atoms with Crippen molar-refractivity contribution in [2.24, 2.45) is 0 Å². The highest BCUT2D eigenvalue weighted by Crippen LogP contribution is 2.45. The van der Waals surface area contributed by atoms with Crippen molar-refractivity contribution in [1.82, 2.24) is 0 Å². The molecule has 272 valence electrons. The molecule has 0 saturated heterocycles. The molecule has 0 fully saturated rings. The van der Waals surface area contributed by atoms with Crippen molar-refractivity contribution in [3.05, 3.63) is 224 Å². The molecule has 0 aliphatic carbocycles. The molecule has 0 aliphatic rings. The van der Waals surface area contributed by atoms with Gasteiger partial charge in [0.05, 0.1) is 5.69 Å². The van der Waals surface area contributed by atoms with E-state index in [0.717, 1.165) is 55.5 Å². The van der Waals surface area contributed by atoms with E-state index in [1.807, 2.05) is 0 Å². The molecule has 0 atom stereocenters. The molecule has 1 heterocycles. The van der Waals surface area contributed by atoms with Crippen molar-refractivity contribution in [3.8, 4) is 44.5 Å². The number of rotatable bonds is 7. The fourth-order valence-corrected chi connectivity index (χ4v) is 8.67. The van der Waals surface area contributed by atoms with Crippen LogP contribution in [0.3, 0.4) is 0 Å². The van der Waals surface area contributed by atoms with Gasteiger partial charge < -0.3 is 9.32 Å². The zero-order valence-electron chi connectivity index (χ0n) is 31.7. The highest BCUT2D eigenvalue weighted by atomic mass is 16.3. The van der Waals surface area contributed by atoms with Crippen LogP contribution in [0.5, 0.6) is 0 Å². The third-order valence-corrected chi connectivity index (χ3v) is 11.5. The van der Waals surface area contributed by atoms with Crippen LogP contribution in [0, 0.1) is 0 Å². The fraction of sp³-hybridized carbons (Fsp3) is 0. The average Bonchev–Trinajstić information content (AvgIpc) is 3.68. The number of furan rings is 1. The summed E-state index contributed by atoms with van der Waals surface area (Å²) >= 11 is 0. The van der Waals surface area contributed by atoms with Crippen molar-refractivity contribution in [2.75, 3.05) is 4.90 Å². The van der Waals surface area contributed by atoms with Crippen LogP contribution in [0.4, 0.5) is 17.1 Å². The van der Waals surface area contributed by atoms with E-state index in [1.165, 1.54) is 49.5 Å². The lowest BCUT2D eigenvalue weighted by molar-refractivity contribution is 0.673. The van der Waals surface area contributed by atoms with Gasteiger partial charge in [-0.1, -0.05) is 170 Å². The third kappa shape index (κ3) is 5.82. The molecule has 58 heavy (non-hydrogen) atoms. The van der Waals surface area contributed by atoms with Crippen LogP contribution >= 0.6 is 0 Å². The highest BCUT2D eigenvalue weighted by molar-refractivity contribution is 6.20. The van der Waals surface area contributed by atoms with Gasteiger partial charge in [0.15, 0.2) is 0 Å². The lowest BCUT2D eigenvalue weighted by Crippen LogP contribution is -2.10. The second kappa shape index (κ2) is 14.1. The summed E-state index contributed by atoms with van der Waals surface area (Å²) in [5.41, 5.74) is 14.6. The Labute approximate surface area is 337 Å². The van der Waals surface area contributed by atoms with Gasteiger partial charge in [-0.25, -0.2) is 0 Å².